The van der Waals surface area contributed by atoms with Gasteiger partial charge < -0.3 is 14.4 Å². The second kappa shape index (κ2) is 11.0. The molecule has 0 saturated carbocycles. The summed E-state index contributed by atoms with van der Waals surface area (Å²) in [6.45, 7) is 8.15. The normalized spacial score (nSPS) is 14.2. The number of amides is 1. The number of halogens is 1. The third-order valence-corrected chi connectivity index (χ3v) is 6.73. The van der Waals surface area contributed by atoms with Crippen LogP contribution in [0.2, 0.25) is 0 Å². The van der Waals surface area contributed by atoms with Gasteiger partial charge in [0.05, 0.1) is 24.1 Å². The topological polar surface area (TPSA) is 141 Å². The summed E-state index contributed by atoms with van der Waals surface area (Å²) in [6, 6.07) is 6.26. The zero-order valence-corrected chi connectivity index (χ0v) is 23.2. The summed E-state index contributed by atoms with van der Waals surface area (Å²) in [6.07, 6.45) is 5.17. The Morgan fingerprint density at radius 2 is 1.95 bits per heavy atom. The van der Waals surface area contributed by atoms with E-state index in [1.165, 1.54) is 16.8 Å². The molecule has 13 heteroatoms. The molecule has 1 fully saturated rings. The summed E-state index contributed by atoms with van der Waals surface area (Å²) in [5, 5.41) is 22.7. The molecular formula is C28H29FN8O4. The average Bonchev–Trinajstić information content (AvgIpc) is 3.54. The number of likely N-dealkylation sites (tertiary alicyclic amines) is 1. The molecule has 1 amide bonds. The minimum atomic E-state index is -0.553. The number of hydrogen-bond donors (Lipinski definition) is 0. The van der Waals surface area contributed by atoms with Gasteiger partial charge in [0.1, 0.15) is 45.7 Å². The molecule has 0 atom stereocenters. The highest BCUT2D eigenvalue weighted by Gasteiger charge is 2.29. The van der Waals surface area contributed by atoms with Crippen LogP contribution in [-0.4, -0.2) is 71.7 Å². The molecule has 0 aromatic carbocycles. The largest absolute Gasteiger partial charge is 0.483 e. The van der Waals surface area contributed by atoms with Crippen LogP contribution in [0, 0.1) is 24.1 Å². The molecule has 0 unspecified atom stereocenters. The van der Waals surface area contributed by atoms with Crippen molar-refractivity contribution >= 4 is 17.4 Å². The number of Topliss-reactive ketones (excluding diaryl/α,β-unsaturated/α-hetero) is 1. The van der Waals surface area contributed by atoms with Crippen molar-refractivity contribution in [2.75, 3.05) is 19.7 Å². The number of rotatable bonds is 6. The van der Waals surface area contributed by atoms with Crippen molar-refractivity contribution in [1.82, 2.24) is 34.5 Å². The maximum atomic E-state index is 13.2. The van der Waals surface area contributed by atoms with Crippen molar-refractivity contribution in [3.8, 4) is 23.1 Å². The van der Waals surface area contributed by atoms with Gasteiger partial charge in [-0.3, -0.25) is 4.79 Å². The van der Waals surface area contributed by atoms with Crippen LogP contribution in [0.25, 0.3) is 16.8 Å². The standard InChI is InChI=1S/C28H29FN8O4/c1-17-25(33-34-37(17)21-7-9-35(10-8-21)27(39)41-28(2,3)4)18-11-24(26-19(12-30)13-32-36(26)15-18)40-16-23(38)22-6-5-20(29)14-31-22/h5-6,11,13-15,21H,7-10,16H2,1-4H3. The molecule has 0 bridgehead atoms. The SMILES string of the molecule is Cc1c(-c2cc(OCC(=O)c3ccc(F)cn3)c3c(C#N)cnn3c2)nnn1C1CCN(C(=O)OC(C)(C)C)CC1. The van der Waals surface area contributed by atoms with E-state index in [0.29, 0.717) is 42.7 Å². The number of carbonyl (C=O) groups is 2. The highest BCUT2D eigenvalue weighted by Crippen LogP contribution is 2.32. The van der Waals surface area contributed by atoms with Crippen LogP contribution in [0.1, 0.15) is 61.4 Å². The molecule has 5 rings (SSSR count). The van der Waals surface area contributed by atoms with Gasteiger partial charge in [-0.25, -0.2) is 23.4 Å². The van der Waals surface area contributed by atoms with Crippen LogP contribution in [0.5, 0.6) is 5.75 Å². The number of ketones is 1. The number of nitrogens with zero attached hydrogens (tertiary/aromatic N) is 8. The monoisotopic (exact) mass is 560 g/mol. The van der Waals surface area contributed by atoms with E-state index in [1.54, 1.807) is 17.2 Å². The van der Waals surface area contributed by atoms with Crippen LogP contribution >= 0.6 is 0 Å². The fourth-order valence-corrected chi connectivity index (χ4v) is 4.74. The molecule has 212 valence electrons. The number of hydrogen-bond acceptors (Lipinski definition) is 9. The lowest BCUT2D eigenvalue weighted by molar-refractivity contribution is 0.0183. The van der Waals surface area contributed by atoms with Gasteiger partial charge in [0.25, 0.3) is 0 Å². The van der Waals surface area contributed by atoms with E-state index < -0.39 is 17.2 Å². The minimum Gasteiger partial charge on any atom is -0.483 e. The van der Waals surface area contributed by atoms with Crippen LogP contribution in [0.4, 0.5) is 9.18 Å². The molecule has 1 aliphatic rings. The minimum absolute atomic E-state index is 0.0464. The van der Waals surface area contributed by atoms with Crippen LogP contribution in [0.3, 0.4) is 0 Å². The lowest BCUT2D eigenvalue weighted by Crippen LogP contribution is -2.42. The lowest BCUT2D eigenvalue weighted by atomic mass is 10.0. The molecule has 0 radical (unpaired) electrons. The fourth-order valence-electron chi connectivity index (χ4n) is 4.74. The summed E-state index contributed by atoms with van der Waals surface area (Å²) in [5.74, 6) is -0.745. The van der Waals surface area contributed by atoms with Crippen LogP contribution in [0.15, 0.2) is 36.8 Å². The number of ether oxygens (including phenoxy) is 2. The highest BCUT2D eigenvalue weighted by molar-refractivity contribution is 5.95. The summed E-state index contributed by atoms with van der Waals surface area (Å²) in [7, 11) is 0. The summed E-state index contributed by atoms with van der Waals surface area (Å²) in [4.78, 5) is 30.6. The summed E-state index contributed by atoms with van der Waals surface area (Å²) >= 11 is 0. The van der Waals surface area contributed by atoms with Gasteiger partial charge in [-0.05, 0) is 58.7 Å². The van der Waals surface area contributed by atoms with E-state index >= 15 is 0 Å². The second-order valence-electron chi connectivity index (χ2n) is 10.8. The third-order valence-electron chi connectivity index (χ3n) is 6.73. The third kappa shape index (κ3) is 5.86. The van der Waals surface area contributed by atoms with Crippen molar-refractivity contribution in [3.05, 3.63) is 59.6 Å². The Morgan fingerprint density at radius 1 is 1.20 bits per heavy atom. The van der Waals surface area contributed by atoms with E-state index in [0.717, 1.165) is 18.0 Å². The van der Waals surface area contributed by atoms with Crippen molar-refractivity contribution < 1.29 is 23.5 Å². The Kier molecular flexibility index (Phi) is 7.40. The number of piperidine rings is 1. The second-order valence-corrected chi connectivity index (χ2v) is 10.8. The van der Waals surface area contributed by atoms with Gasteiger partial charge in [-0.1, -0.05) is 5.21 Å². The maximum absolute atomic E-state index is 13.2. The predicted molar refractivity (Wildman–Crippen MR) is 144 cm³/mol. The average molecular weight is 561 g/mol. The summed E-state index contributed by atoms with van der Waals surface area (Å²) in [5.41, 5.74) is 2.21. The first-order chi connectivity index (χ1) is 19.5. The number of carbonyl (C=O) groups excluding carboxylic acids is 2. The zero-order valence-electron chi connectivity index (χ0n) is 23.2. The number of fused-ring (bicyclic) bond motifs is 1. The lowest BCUT2D eigenvalue weighted by Gasteiger charge is -2.33. The molecule has 5 heterocycles. The van der Waals surface area contributed by atoms with Gasteiger partial charge in [0, 0.05) is 24.8 Å². The van der Waals surface area contributed by atoms with E-state index in [2.05, 4.69) is 26.5 Å². The maximum Gasteiger partial charge on any atom is 0.410 e. The Balaban J connectivity index is 1.37. The molecule has 1 aliphatic heterocycles. The van der Waals surface area contributed by atoms with E-state index in [4.69, 9.17) is 9.47 Å². The van der Waals surface area contributed by atoms with E-state index in [9.17, 15) is 19.2 Å². The Morgan fingerprint density at radius 3 is 2.61 bits per heavy atom. The Bertz CT molecular complexity index is 1640. The smallest absolute Gasteiger partial charge is 0.410 e. The Labute approximate surface area is 235 Å². The molecule has 41 heavy (non-hydrogen) atoms. The van der Waals surface area contributed by atoms with Gasteiger partial charge in [0.15, 0.2) is 6.61 Å². The van der Waals surface area contributed by atoms with Gasteiger partial charge in [-0.2, -0.15) is 10.4 Å². The number of nitriles is 1. The summed E-state index contributed by atoms with van der Waals surface area (Å²) < 4.78 is 27.9. The number of aromatic nitrogens is 6. The van der Waals surface area contributed by atoms with Gasteiger partial charge in [0.2, 0.25) is 5.78 Å². The molecule has 4 aromatic heterocycles. The predicted octanol–water partition coefficient (Wildman–Crippen LogP) is 4.14. The van der Waals surface area contributed by atoms with Crippen molar-refractivity contribution in [1.29, 1.82) is 5.26 Å². The zero-order chi connectivity index (χ0) is 29.3. The molecule has 0 spiro atoms. The molecule has 4 aromatic rings. The quantitative estimate of drug-likeness (QED) is 0.318. The molecule has 0 N–H and O–H groups in total. The van der Waals surface area contributed by atoms with Gasteiger partial charge in [-0.15, -0.1) is 5.10 Å². The van der Waals surface area contributed by atoms with Crippen LogP contribution < -0.4 is 4.74 Å². The van der Waals surface area contributed by atoms with Gasteiger partial charge >= 0.3 is 6.09 Å². The molecule has 1 saturated heterocycles. The molecule has 12 nitrogen and oxygen atoms in total. The van der Waals surface area contributed by atoms with E-state index in [1.807, 2.05) is 32.4 Å². The van der Waals surface area contributed by atoms with Crippen molar-refractivity contribution in [3.63, 3.8) is 0 Å². The van der Waals surface area contributed by atoms with Crippen molar-refractivity contribution in [2.45, 2.75) is 52.2 Å². The first kappa shape index (κ1) is 27.7. The first-order valence-corrected chi connectivity index (χ1v) is 13.1. The van der Waals surface area contributed by atoms with Crippen molar-refractivity contribution in [2.24, 2.45) is 0 Å². The van der Waals surface area contributed by atoms with Crippen LogP contribution in [-0.2, 0) is 4.74 Å². The number of pyridine rings is 2. The molecule has 0 aliphatic carbocycles. The fraction of sp³-hybridized carbons (Fsp3) is 0.393. The molecular weight excluding hydrogens is 531 g/mol. The Hall–Kier alpha value is -4.86. The first-order valence-electron chi connectivity index (χ1n) is 13.1. The van der Waals surface area contributed by atoms with E-state index in [-0.39, 0.29) is 35.7 Å². The highest BCUT2D eigenvalue weighted by atomic mass is 19.1.